The van der Waals surface area contributed by atoms with Gasteiger partial charge >= 0.3 is 0 Å². The first-order chi connectivity index (χ1) is 18.1. The lowest BCUT2D eigenvalue weighted by Gasteiger charge is -2.21. The second-order valence-electron chi connectivity index (χ2n) is 8.90. The molecule has 7 nitrogen and oxygen atoms in total. The zero-order valence-electron chi connectivity index (χ0n) is 20.7. The molecule has 0 aliphatic heterocycles. The van der Waals surface area contributed by atoms with Crippen molar-refractivity contribution in [2.75, 3.05) is 13.7 Å². The van der Waals surface area contributed by atoms with Gasteiger partial charge in [0.25, 0.3) is 5.91 Å². The maximum Gasteiger partial charge on any atom is 0.266 e. The molecule has 2 amide bonds. The Hall–Kier alpha value is -4.20. The average Bonchev–Trinajstić information content (AvgIpc) is 3.43. The normalized spacial score (nSPS) is 12.5. The number of hydroxylamine groups is 1. The predicted octanol–water partition coefficient (Wildman–Crippen LogP) is 4.63. The van der Waals surface area contributed by atoms with E-state index in [-0.39, 0.29) is 18.4 Å². The summed E-state index contributed by atoms with van der Waals surface area (Å²) >= 11 is 0. The molecule has 3 aromatic carbocycles. The Balaban J connectivity index is 1.46. The molecule has 4 rings (SSSR count). The van der Waals surface area contributed by atoms with Gasteiger partial charge in [-0.05, 0) is 40.3 Å². The average molecular weight is 498 g/mol. The molecule has 0 saturated carbocycles. The first-order valence-corrected chi connectivity index (χ1v) is 12.2. The van der Waals surface area contributed by atoms with Gasteiger partial charge in [-0.15, -0.1) is 0 Å². The number of nitrogens with one attached hydrogen (secondary N) is 2. The molecular weight excluding hydrogens is 466 g/mol. The summed E-state index contributed by atoms with van der Waals surface area (Å²) in [5.41, 5.74) is 6.90. The zero-order valence-corrected chi connectivity index (χ0v) is 20.7. The van der Waals surface area contributed by atoms with Gasteiger partial charge in [0.05, 0.1) is 19.1 Å². The topological polar surface area (TPSA) is 92.6 Å². The summed E-state index contributed by atoms with van der Waals surface area (Å²) in [6.07, 6.45) is 4.01. The van der Waals surface area contributed by atoms with Crippen LogP contribution in [0.15, 0.2) is 103 Å². The monoisotopic (exact) mass is 497 g/mol. The fraction of sp³-hybridized carbons (Fsp3) is 0.200. The highest BCUT2D eigenvalue weighted by Gasteiger charge is 2.25. The van der Waals surface area contributed by atoms with E-state index >= 15 is 0 Å². The summed E-state index contributed by atoms with van der Waals surface area (Å²) in [7, 11) is 1.58. The number of methoxy groups -OCH3 is 1. The number of rotatable bonds is 11. The lowest BCUT2D eigenvalue weighted by molar-refractivity contribution is -0.136. The molecule has 1 aromatic heterocycles. The third kappa shape index (κ3) is 6.94. The number of benzene rings is 3. The molecular formula is C30H31N3O4. The van der Waals surface area contributed by atoms with E-state index < -0.39 is 11.9 Å². The van der Waals surface area contributed by atoms with Crippen LogP contribution in [0.5, 0.6) is 0 Å². The summed E-state index contributed by atoms with van der Waals surface area (Å²) in [6.45, 7) is 0.337. The fourth-order valence-corrected chi connectivity index (χ4v) is 4.39. The van der Waals surface area contributed by atoms with Crippen LogP contribution in [0.4, 0.5) is 0 Å². The Morgan fingerprint density at radius 3 is 2.05 bits per heavy atom. The molecule has 0 radical (unpaired) electrons. The second-order valence-corrected chi connectivity index (χ2v) is 8.90. The first kappa shape index (κ1) is 25.9. The van der Waals surface area contributed by atoms with Crippen molar-refractivity contribution in [1.29, 1.82) is 0 Å². The number of hydrogen-bond donors (Lipinski definition) is 3. The van der Waals surface area contributed by atoms with Crippen LogP contribution in [0, 0.1) is 0 Å². The molecule has 37 heavy (non-hydrogen) atoms. The van der Waals surface area contributed by atoms with Crippen molar-refractivity contribution >= 4 is 11.8 Å². The minimum absolute atomic E-state index is 0.136. The smallest absolute Gasteiger partial charge is 0.266 e. The predicted molar refractivity (Wildman–Crippen MR) is 143 cm³/mol. The van der Waals surface area contributed by atoms with Crippen molar-refractivity contribution in [2.24, 2.45) is 0 Å². The molecule has 0 fully saturated rings. The Labute approximate surface area is 216 Å². The molecule has 2 unspecified atom stereocenters. The molecule has 0 bridgehead atoms. The minimum Gasteiger partial charge on any atom is -0.383 e. The van der Waals surface area contributed by atoms with Crippen molar-refractivity contribution < 1.29 is 19.5 Å². The van der Waals surface area contributed by atoms with Gasteiger partial charge in [-0.2, -0.15) is 0 Å². The maximum absolute atomic E-state index is 12.9. The minimum atomic E-state index is -0.915. The summed E-state index contributed by atoms with van der Waals surface area (Å²) < 4.78 is 6.93. The highest BCUT2D eigenvalue weighted by Crippen LogP contribution is 2.26. The molecule has 0 aliphatic carbocycles. The molecule has 0 saturated heterocycles. The van der Waals surface area contributed by atoms with Gasteiger partial charge in [0.15, 0.2) is 0 Å². The number of carbonyl (C=O) groups is 2. The van der Waals surface area contributed by atoms with E-state index in [1.807, 2.05) is 66.7 Å². The van der Waals surface area contributed by atoms with E-state index in [9.17, 15) is 14.8 Å². The van der Waals surface area contributed by atoms with E-state index in [1.165, 1.54) is 0 Å². The van der Waals surface area contributed by atoms with E-state index in [1.54, 1.807) is 29.6 Å². The third-order valence-electron chi connectivity index (χ3n) is 6.25. The SMILES string of the molecule is COCC(Cc1ccccc1)NC(=O)CC(C(=O)NO)n1ccc(-c2ccc(-c3ccccc3)cc2)c1. The van der Waals surface area contributed by atoms with Crippen molar-refractivity contribution in [2.45, 2.75) is 24.9 Å². The summed E-state index contributed by atoms with van der Waals surface area (Å²) in [5, 5.41) is 12.3. The molecule has 0 spiro atoms. The molecule has 7 heteroatoms. The number of ether oxygens (including phenoxy) is 1. The molecule has 4 aromatic rings. The van der Waals surface area contributed by atoms with Crippen LogP contribution in [0.25, 0.3) is 22.3 Å². The van der Waals surface area contributed by atoms with Crippen LogP contribution < -0.4 is 10.8 Å². The lowest BCUT2D eigenvalue weighted by Crippen LogP contribution is -2.42. The Morgan fingerprint density at radius 2 is 1.43 bits per heavy atom. The Bertz CT molecular complexity index is 1290. The van der Waals surface area contributed by atoms with Crippen LogP contribution >= 0.6 is 0 Å². The van der Waals surface area contributed by atoms with Crippen LogP contribution in [-0.2, 0) is 20.7 Å². The van der Waals surface area contributed by atoms with E-state index in [2.05, 4.69) is 29.6 Å². The van der Waals surface area contributed by atoms with Crippen molar-refractivity contribution in [3.8, 4) is 22.3 Å². The van der Waals surface area contributed by atoms with Gasteiger partial charge < -0.3 is 14.6 Å². The summed E-state index contributed by atoms with van der Waals surface area (Å²) in [5.74, 6) is -0.975. The van der Waals surface area contributed by atoms with Crippen molar-refractivity contribution in [3.63, 3.8) is 0 Å². The molecule has 0 aliphatic rings. The number of aromatic nitrogens is 1. The van der Waals surface area contributed by atoms with E-state index in [0.717, 1.165) is 27.8 Å². The fourth-order valence-electron chi connectivity index (χ4n) is 4.39. The zero-order chi connectivity index (χ0) is 26.0. The standard InChI is InChI=1S/C30H31N3O4/c1-37-21-27(18-22-8-4-2-5-9-22)31-29(34)19-28(30(35)32-36)33-17-16-26(20-33)25-14-12-24(13-15-25)23-10-6-3-7-11-23/h2-17,20,27-28,36H,18-19,21H2,1H3,(H,31,34)(H,32,35). The number of nitrogens with zero attached hydrogens (tertiary/aromatic N) is 1. The van der Waals surface area contributed by atoms with Crippen LogP contribution in [0.1, 0.15) is 18.0 Å². The Kier molecular flexibility index (Phi) is 8.86. The molecule has 3 N–H and O–H groups in total. The largest absolute Gasteiger partial charge is 0.383 e. The summed E-state index contributed by atoms with van der Waals surface area (Å²) in [6, 6.07) is 28.8. The van der Waals surface area contributed by atoms with Gasteiger partial charge in [-0.1, -0.05) is 84.9 Å². The number of hydrogen-bond acceptors (Lipinski definition) is 4. The quantitative estimate of drug-likeness (QED) is 0.208. The van der Waals surface area contributed by atoms with Gasteiger partial charge in [0.1, 0.15) is 6.04 Å². The lowest BCUT2D eigenvalue weighted by atomic mass is 10.0. The molecule has 1 heterocycles. The second kappa shape index (κ2) is 12.7. The third-order valence-corrected chi connectivity index (χ3v) is 6.25. The van der Waals surface area contributed by atoms with E-state index in [4.69, 9.17) is 4.74 Å². The van der Waals surface area contributed by atoms with Crippen molar-refractivity contribution in [3.05, 3.63) is 109 Å². The molecule has 2 atom stereocenters. The van der Waals surface area contributed by atoms with Gasteiger partial charge in [0.2, 0.25) is 5.91 Å². The van der Waals surface area contributed by atoms with Crippen molar-refractivity contribution in [1.82, 2.24) is 15.4 Å². The van der Waals surface area contributed by atoms with Crippen LogP contribution in [0.3, 0.4) is 0 Å². The Morgan fingerprint density at radius 1 is 0.838 bits per heavy atom. The highest BCUT2D eigenvalue weighted by molar-refractivity contribution is 5.87. The maximum atomic E-state index is 12.9. The number of amides is 2. The first-order valence-electron chi connectivity index (χ1n) is 12.2. The van der Waals surface area contributed by atoms with Crippen LogP contribution in [-0.4, -0.2) is 41.3 Å². The number of carbonyl (C=O) groups excluding carboxylic acids is 2. The summed E-state index contributed by atoms with van der Waals surface area (Å²) in [4.78, 5) is 25.4. The molecule has 190 valence electrons. The highest BCUT2D eigenvalue weighted by atomic mass is 16.5. The van der Waals surface area contributed by atoms with Crippen LogP contribution in [0.2, 0.25) is 0 Å². The van der Waals surface area contributed by atoms with Gasteiger partial charge in [-0.25, -0.2) is 5.48 Å². The van der Waals surface area contributed by atoms with Gasteiger partial charge in [-0.3, -0.25) is 14.8 Å². The van der Waals surface area contributed by atoms with Gasteiger partial charge in [0, 0.05) is 19.5 Å². The van der Waals surface area contributed by atoms with E-state index in [0.29, 0.717) is 13.0 Å².